The lowest BCUT2D eigenvalue weighted by atomic mass is 10.2. The van der Waals surface area contributed by atoms with Gasteiger partial charge in [0.05, 0.1) is 6.54 Å². The zero-order chi connectivity index (χ0) is 11.5. The van der Waals surface area contributed by atoms with Gasteiger partial charge in [-0.15, -0.1) is 0 Å². The first kappa shape index (κ1) is 10.9. The molecule has 0 bridgehead atoms. The molecule has 2 heterocycles. The number of nitrogens with one attached hydrogen (secondary N) is 1. The van der Waals surface area contributed by atoms with Gasteiger partial charge in [-0.05, 0) is 24.3 Å². The summed E-state index contributed by atoms with van der Waals surface area (Å²) >= 11 is 1.64. The van der Waals surface area contributed by atoms with Gasteiger partial charge in [0.2, 0.25) is 11.7 Å². The lowest BCUT2D eigenvalue weighted by molar-refractivity contribution is 0.357. The van der Waals surface area contributed by atoms with Crippen LogP contribution in [0.5, 0.6) is 0 Å². The maximum Gasteiger partial charge on any atom is 0.240 e. The highest BCUT2D eigenvalue weighted by atomic mass is 32.1. The molecule has 0 unspecified atom stereocenters. The number of hydrogen-bond acceptors (Lipinski definition) is 5. The minimum atomic E-state index is 0.631. The van der Waals surface area contributed by atoms with Gasteiger partial charge in [-0.2, -0.15) is 16.3 Å². The van der Waals surface area contributed by atoms with Gasteiger partial charge in [0.15, 0.2) is 0 Å². The molecule has 3 rings (SSSR count). The Kier molecular flexibility index (Phi) is 3.20. The molecule has 17 heavy (non-hydrogen) atoms. The first-order chi connectivity index (χ1) is 8.42. The number of hydrogen-bond donors (Lipinski definition) is 1. The molecule has 1 fully saturated rings. The highest BCUT2D eigenvalue weighted by Crippen LogP contribution is 2.20. The van der Waals surface area contributed by atoms with Gasteiger partial charge in [-0.1, -0.05) is 18.0 Å². The maximum atomic E-state index is 5.23. The lowest BCUT2D eigenvalue weighted by Crippen LogP contribution is -2.25. The molecule has 0 aliphatic heterocycles. The summed E-state index contributed by atoms with van der Waals surface area (Å²) in [4.78, 5) is 4.38. The van der Waals surface area contributed by atoms with E-state index in [4.69, 9.17) is 4.52 Å². The molecule has 0 saturated heterocycles. The van der Waals surface area contributed by atoms with E-state index < -0.39 is 0 Å². The molecule has 5 heteroatoms. The smallest absolute Gasteiger partial charge is 0.240 e. The number of nitrogens with zero attached hydrogens (tertiary/aromatic N) is 2. The molecule has 0 radical (unpaired) electrons. The van der Waals surface area contributed by atoms with Crippen LogP contribution in [0.2, 0.25) is 0 Å². The largest absolute Gasteiger partial charge is 0.338 e. The Morgan fingerprint density at radius 3 is 3.06 bits per heavy atom. The van der Waals surface area contributed by atoms with E-state index in [1.165, 1.54) is 25.7 Å². The maximum absolute atomic E-state index is 5.23. The van der Waals surface area contributed by atoms with Gasteiger partial charge >= 0.3 is 0 Å². The van der Waals surface area contributed by atoms with Gasteiger partial charge in [0.25, 0.3) is 0 Å². The molecule has 2 aromatic heterocycles. The van der Waals surface area contributed by atoms with Crippen molar-refractivity contribution in [2.75, 3.05) is 0 Å². The van der Waals surface area contributed by atoms with Crippen molar-refractivity contribution in [3.63, 3.8) is 0 Å². The minimum Gasteiger partial charge on any atom is -0.338 e. The Morgan fingerprint density at radius 1 is 1.41 bits per heavy atom. The summed E-state index contributed by atoms with van der Waals surface area (Å²) in [5.74, 6) is 1.37. The van der Waals surface area contributed by atoms with Crippen LogP contribution >= 0.6 is 11.3 Å². The fraction of sp³-hybridized carbons (Fsp3) is 0.500. The zero-order valence-corrected chi connectivity index (χ0v) is 10.4. The average Bonchev–Trinajstić information content (AvgIpc) is 3.09. The molecule has 1 N–H and O–H groups in total. The van der Waals surface area contributed by atoms with E-state index in [2.05, 4.69) is 15.5 Å². The average molecular weight is 249 g/mol. The summed E-state index contributed by atoms with van der Waals surface area (Å²) in [6, 6.07) is 2.63. The highest BCUT2D eigenvalue weighted by molar-refractivity contribution is 7.08. The molecule has 0 aromatic carbocycles. The molecule has 90 valence electrons. The highest BCUT2D eigenvalue weighted by Gasteiger charge is 2.15. The van der Waals surface area contributed by atoms with Crippen LogP contribution in [0.25, 0.3) is 11.4 Å². The van der Waals surface area contributed by atoms with E-state index in [1.807, 2.05) is 16.8 Å². The molecule has 1 aliphatic carbocycles. The predicted molar refractivity (Wildman–Crippen MR) is 66.7 cm³/mol. The van der Waals surface area contributed by atoms with Crippen LogP contribution in [0.15, 0.2) is 21.3 Å². The van der Waals surface area contributed by atoms with Crippen molar-refractivity contribution in [2.45, 2.75) is 38.3 Å². The van der Waals surface area contributed by atoms with Gasteiger partial charge in [-0.25, -0.2) is 0 Å². The van der Waals surface area contributed by atoms with Crippen molar-refractivity contribution in [2.24, 2.45) is 0 Å². The Morgan fingerprint density at radius 2 is 2.29 bits per heavy atom. The van der Waals surface area contributed by atoms with Crippen molar-refractivity contribution < 1.29 is 4.52 Å². The van der Waals surface area contributed by atoms with E-state index in [1.54, 1.807) is 11.3 Å². The van der Waals surface area contributed by atoms with Crippen molar-refractivity contribution in [1.29, 1.82) is 0 Å². The summed E-state index contributed by atoms with van der Waals surface area (Å²) in [6.07, 6.45) is 5.21. The van der Waals surface area contributed by atoms with Crippen LogP contribution in [0.1, 0.15) is 31.6 Å². The second kappa shape index (κ2) is 4.98. The normalized spacial score (nSPS) is 16.7. The quantitative estimate of drug-likeness (QED) is 0.905. The molecule has 0 amide bonds. The third kappa shape index (κ3) is 2.56. The molecule has 1 aliphatic rings. The van der Waals surface area contributed by atoms with E-state index in [9.17, 15) is 0 Å². The Labute approximate surface area is 104 Å². The molecule has 4 nitrogen and oxygen atoms in total. The zero-order valence-electron chi connectivity index (χ0n) is 9.56. The number of rotatable bonds is 4. The summed E-state index contributed by atoms with van der Waals surface area (Å²) < 4.78 is 5.23. The van der Waals surface area contributed by atoms with E-state index >= 15 is 0 Å². The second-order valence-corrected chi connectivity index (χ2v) is 5.17. The van der Waals surface area contributed by atoms with Crippen LogP contribution < -0.4 is 5.32 Å². The van der Waals surface area contributed by atoms with Gasteiger partial charge in [0.1, 0.15) is 0 Å². The van der Waals surface area contributed by atoms with Crippen LogP contribution in [-0.2, 0) is 6.54 Å². The van der Waals surface area contributed by atoms with Crippen molar-refractivity contribution in [1.82, 2.24) is 15.5 Å². The molecule has 1 saturated carbocycles. The summed E-state index contributed by atoms with van der Waals surface area (Å²) in [6.45, 7) is 0.682. The fourth-order valence-electron chi connectivity index (χ4n) is 2.20. The molecular formula is C12H15N3OS. The van der Waals surface area contributed by atoms with Crippen molar-refractivity contribution in [3.05, 3.63) is 22.7 Å². The Bertz CT molecular complexity index is 460. The monoisotopic (exact) mass is 249 g/mol. The number of aromatic nitrogens is 2. The third-order valence-electron chi connectivity index (χ3n) is 3.14. The second-order valence-electron chi connectivity index (χ2n) is 4.39. The van der Waals surface area contributed by atoms with E-state index in [-0.39, 0.29) is 0 Å². The van der Waals surface area contributed by atoms with Gasteiger partial charge in [0, 0.05) is 17.0 Å². The van der Waals surface area contributed by atoms with Crippen molar-refractivity contribution in [3.8, 4) is 11.4 Å². The number of thiophene rings is 1. The van der Waals surface area contributed by atoms with Crippen LogP contribution in [-0.4, -0.2) is 16.2 Å². The SMILES string of the molecule is c1cc(-c2noc(CNC3CCCC3)n2)cs1. The van der Waals surface area contributed by atoms with Crippen molar-refractivity contribution >= 4 is 11.3 Å². The van der Waals surface area contributed by atoms with E-state index in [0.29, 0.717) is 24.3 Å². The summed E-state index contributed by atoms with van der Waals surface area (Å²) in [5, 5.41) is 11.5. The molecular weight excluding hydrogens is 234 g/mol. The summed E-state index contributed by atoms with van der Waals surface area (Å²) in [7, 11) is 0. The first-order valence-corrected chi connectivity index (χ1v) is 6.94. The predicted octanol–water partition coefficient (Wildman–Crippen LogP) is 2.83. The Hall–Kier alpha value is -1.20. The van der Waals surface area contributed by atoms with Gasteiger partial charge < -0.3 is 9.84 Å². The third-order valence-corrected chi connectivity index (χ3v) is 3.83. The summed E-state index contributed by atoms with van der Waals surface area (Å²) in [5.41, 5.74) is 1.03. The van der Waals surface area contributed by atoms with E-state index in [0.717, 1.165) is 5.56 Å². The molecule has 0 spiro atoms. The van der Waals surface area contributed by atoms with Crippen LogP contribution in [0.4, 0.5) is 0 Å². The lowest BCUT2D eigenvalue weighted by Gasteiger charge is -2.08. The van der Waals surface area contributed by atoms with Crippen LogP contribution in [0, 0.1) is 0 Å². The molecule has 2 aromatic rings. The topological polar surface area (TPSA) is 51.0 Å². The molecule has 0 atom stereocenters. The first-order valence-electron chi connectivity index (χ1n) is 6.00. The van der Waals surface area contributed by atoms with Gasteiger partial charge in [-0.3, -0.25) is 0 Å². The fourth-order valence-corrected chi connectivity index (χ4v) is 2.83. The standard InChI is InChI=1S/C12H15N3OS/c1-2-4-10(3-1)13-7-11-14-12(15-16-11)9-5-6-17-8-9/h5-6,8,10,13H,1-4,7H2. The minimum absolute atomic E-state index is 0.631. The van der Waals surface area contributed by atoms with Crippen LogP contribution in [0.3, 0.4) is 0 Å². The Balaban J connectivity index is 1.60.